The maximum Gasteiger partial charge on any atom is 0.328 e. The number of sulfonamides is 1. The molecule has 0 atom stereocenters. The molecule has 0 bridgehead atoms. The van der Waals surface area contributed by atoms with E-state index in [0.29, 0.717) is 33.6 Å². The molecular weight excluding hydrogens is 476 g/mol. The van der Waals surface area contributed by atoms with E-state index < -0.39 is 16.1 Å². The zero-order chi connectivity index (χ0) is 26.0. The summed E-state index contributed by atoms with van der Waals surface area (Å²) in [6.07, 6.45) is 1.92. The molecule has 0 spiro atoms. The number of anilines is 1. The van der Waals surface area contributed by atoms with E-state index in [9.17, 15) is 18.3 Å². The lowest BCUT2D eigenvalue weighted by molar-refractivity contribution is 0.242. The molecule has 8 nitrogen and oxygen atoms in total. The van der Waals surface area contributed by atoms with Crippen LogP contribution in [0.15, 0.2) is 77.8 Å². The molecule has 1 amide bonds. The number of carbonyl (C=O) groups is 1. The van der Waals surface area contributed by atoms with Crippen molar-refractivity contribution in [1.29, 1.82) is 0 Å². The van der Waals surface area contributed by atoms with Crippen LogP contribution in [0.4, 0.5) is 16.2 Å². The third-order valence-corrected chi connectivity index (χ3v) is 7.27. The highest BCUT2D eigenvalue weighted by Crippen LogP contribution is 2.35. The summed E-state index contributed by atoms with van der Waals surface area (Å²) in [6.45, 7) is 2.02. The number of benzene rings is 3. The van der Waals surface area contributed by atoms with E-state index in [-0.39, 0.29) is 5.88 Å². The first-order valence-electron chi connectivity index (χ1n) is 11.4. The first-order valence-corrected chi connectivity index (χ1v) is 13.3. The normalized spacial score (nSPS) is 12.1. The second kappa shape index (κ2) is 9.87. The molecule has 1 aromatic heterocycles. The number of hydrogen-bond acceptors (Lipinski definition) is 5. The highest BCUT2D eigenvalue weighted by Gasteiger charge is 2.25. The lowest BCUT2D eigenvalue weighted by Gasteiger charge is -2.16. The topological polar surface area (TPSA) is 104 Å². The van der Waals surface area contributed by atoms with E-state index in [4.69, 9.17) is 4.99 Å². The van der Waals surface area contributed by atoms with Gasteiger partial charge in [-0.1, -0.05) is 49.4 Å². The molecule has 0 aliphatic carbocycles. The second-order valence-corrected chi connectivity index (χ2v) is 10.4. The predicted molar refractivity (Wildman–Crippen MR) is 144 cm³/mol. The molecule has 0 saturated carbocycles. The Hall–Kier alpha value is -4.11. The number of nitrogens with one attached hydrogen (secondary N) is 1. The van der Waals surface area contributed by atoms with Gasteiger partial charge in [0.05, 0.1) is 34.4 Å². The maximum atomic E-state index is 12.8. The van der Waals surface area contributed by atoms with Crippen molar-refractivity contribution in [2.24, 2.45) is 4.99 Å². The van der Waals surface area contributed by atoms with Crippen LogP contribution in [-0.4, -0.2) is 50.2 Å². The third kappa shape index (κ3) is 4.70. The van der Waals surface area contributed by atoms with E-state index in [0.717, 1.165) is 23.8 Å². The van der Waals surface area contributed by atoms with Crippen LogP contribution in [-0.2, 0) is 16.4 Å². The van der Waals surface area contributed by atoms with Gasteiger partial charge in [-0.15, -0.1) is 0 Å². The van der Waals surface area contributed by atoms with Crippen molar-refractivity contribution in [3.63, 3.8) is 0 Å². The monoisotopic (exact) mass is 504 g/mol. The van der Waals surface area contributed by atoms with Gasteiger partial charge in [0.1, 0.15) is 0 Å². The molecular formula is C27H28N4O4S. The Balaban J connectivity index is 1.96. The van der Waals surface area contributed by atoms with Crippen molar-refractivity contribution >= 4 is 44.0 Å². The van der Waals surface area contributed by atoms with E-state index in [2.05, 4.69) is 5.32 Å². The van der Waals surface area contributed by atoms with Gasteiger partial charge in [0.15, 0.2) is 0 Å². The Morgan fingerprint density at radius 3 is 2.31 bits per heavy atom. The fourth-order valence-corrected chi connectivity index (χ4v) is 4.51. The summed E-state index contributed by atoms with van der Waals surface area (Å²) in [5, 5.41) is 14.6. The van der Waals surface area contributed by atoms with E-state index >= 15 is 0 Å². The van der Waals surface area contributed by atoms with Crippen LogP contribution in [0.3, 0.4) is 0 Å². The van der Waals surface area contributed by atoms with Gasteiger partial charge >= 0.3 is 6.03 Å². The van der Waals surface area contributed by atoms with Crippen molar-refractivity contribution in [2.75, 3.05) is 24.7 Å². The Labute approximate surface area is 210 Å². The minimum absolute atomic E-state index is 0.214. The van der Waals surface area contributed by atoms with Crippen molar-refractivity contribution in [1.82, 2.24) is 9.88 Å². The van der Waals surface area contributed by atoms with Crippen molar-refractivity contribution in [3.8, 4) is 5.88 Å². The van der Waals surface area contributed by atoms with Crippen molar-refractivity contribution in [2.45, 2.75) is 13.3 Å². The Bertz CT molecular complexity index is 1560. The number of fused-ring (bicyclic) bond motifs is 1. The molecule has 0 aliphatic rings. The minimum Gasteiger partial charge on any atom is -0.494 e. The van der Waals surface area contributed by atoms with Crippen LogP contribution in [0, 0.1) is 0 Å². The molecule has 186 valence electrons. The van der Waals surface area contributed by atoms with Crippen LogP contribution >= 0.6 is 0 Å². The van der Waals surface area contributed by atoms with Crippen molar-refractivity contribution < 1.29 is 18.3 Å². The lowest BCUT2D eigenvalue weighted by atomic mass is 10.00. The molecule has 0 saturated heterocycles. The minimum atomic E-state index is -3.40. The van der Waals surface area contributed by atoms with Gasteiger partial charge in [0.2, 0.25) is 15.9 Å². The van der Waals surface area contributed by atoms with Gasteiger partial charge in [-0.3, -0.25) is 4.31 Å². The summed E-state index contributed by atoms with van der Waals surface area (Å²) in [6, 6.07) is 21.5. The zero-order valence-corrected chi connectivity index (χ0v) is 21.4. The third-order valence-electron chi connectivity index (χ3n) is 6.07. The van der Waals surface area contributed by atoms with Gasteiger partial charge in [-0.25, -0.2) is 22.8 Å². The molecule has 0 radical (unpaired) electrons. The summed E-state index contributed by atoms with van der Waals surface area (Å²) < 4.78 is 26.2. The quantitative estimate of drug-likeness (QED) is 0.373. The summed E-state index contributed by atoms with van der Waals surface area (Å²) >= 11 is 0. The van der Waals surface area contributed by atoms with Gasteiger partial charge in [-0.2, -0.15) is 0 Å². The molecule has 9 heteroatoms. The number of rotatable bonds is 6. The van der Waals surface area contributed by atoms with Gasteiger partial charge in [-0.05, 0) is 42.3 Å². The predicted octanol–water partition coefficient (Wildman–Crippen LogP) is 4.66. The smallest absolute Gasteiger partial charge is 0.328 e. The van der Waals surface area contributed by atoms with Crippen LogP contribution < -0.4 is 9.62 Å². The first kappa shape index (κ1) is 25.0. The molecule has 4 rings (SSSR count). The highest BCUT2D eigenvalue weighted by molar-refractivity contribution is 7.92. The summed E-state index contributed by atoms with van der Waals surface area (Å²) in [5.74, 6) is -0.214. The number of nitrogens with zero attached hydrogens (tertiary/aromatic N) is 3. The summed E-state index contributed by atoms with van der Waals surface area (Å²) in [7, 11) is -0.400. The Morgan fingerprint density at radius 2 is 1.72 bits per heavy atom. The Kier molecular flexibility index (Phi) is 6.85. The number of aryl methyl sites for hydroxylation is 1. The zero-order valence-electron chi connectivity index (χ0n) is 20.6. The molecule has 0 unspecified atom stereocenters. The largest absolute Gasteiger partial charge is 0.494 e. The number of aromatic nitrogens is 1. The number of carbonyl (C=O) groups excluding carboxylic acids is 1. The average Bonchev–Trinajstić information content (AvgIpc) is 3.17. The number of aromatic hydroxyl groups is 1. The Morgan fingerprint density at radius 1 is 1.06 bits per heavy atom. The van der Waals surface area contributed by atoms with Crippen molar-refractivity contribution in [3.05, 3.63) is 89.5 Å². The first-order chi connectivity index (χ1) is 17.2. The number of aliphatic imine (C=N–C) groups is 1. The van der Waals surface area contributed by atoms with Crippen LogP contribution in [0.1, 0.15) is 23.6 Å². The second-order valence-electron chi connectivity index (χ2n) is 8.37. The molecule has 1 heterocycles. The molecule has 3 aromatic carbocycles. The highest BCUT2D eigenvalue weighted by atomic mass is 32.2. The van der Waals surface area contributed by atoms with Gasteiger partial charge in [0.25, 0.3) is 0 Å². The van der Waals surface area contributed by atoms with E-state index in [1.807, 2.05) is 55.5 Å². The summed E-state index contributed by atoms with van der Waals surface area (Å²) in [4.78, 5) is 17.6. The number of amides is 1. The average molecular weight is 505 g/mol. The SMILES string of the molecule is CCc1ccc2c(C(=Nc3ccc(N(C)S(C)(=O)=O)cc3)c3ccccc3)c(O)n(C(=O)NC)c2c1. The maximum absolute atomic E-state index is 12.8. The fourth-order valence-electron chi connectivity index (χ4n) is 4.01. The molecule has 0 aliphatic heterocycles. The molecule has 36 heavy (non-hydrogen) atoms. The molecule has 2 N–H and O–H groups in total. The van der Waals surface area contributed by atoms with Crippen LogP contribution in [0.25, 0.3) is 10.9 Å². The molecule has 0 fully saturated rings. The summed E-state index contributed by atoms with van der Waals surface area (Å²) in [5.41, 5.74) is 4.33. The van der Waals surface area contributed by atoms with Gasteiger partial charge in [0, 0.05) is 25.0 Å². The fraction of sp³-hybridized carbons (Fsp3) is 0.185. The molecule has 4 aromatic rings. The van der Waals surface area contributed by atoms with Crippen LogP contribution in [0.2, 0.25) is 0 Å². The standard InChI is InChI=1S/C27H28N4O4S/c1-5-18-11-16-22-23(17-18)31(27(33)28-2)26(32)24(22)25(19-9-7-6-8-10-19)29-20-12-14-21(15-13-20)30(3)36(4,34)35/h6-17,32H,5H2,1-4H3,(H,28,33). The number of hydrogen-bond donors (Lipinski definition) is 2. The van der Waals surface area contributed by atoms with E-state index in [1.165, 1.54) is 23.0 Å². The lowest BCUT2D eigenvalue weighted by Crippen LogP contribution is -2.24. The van der Waals surface area contributed by atoms with Gasteiger partial charge < -0.3 is 10.4 Å². The van der Waals surface area contributed by atoms with Crippen LogP contribution in [0.5, 0.6) is 5.88 Å². The van der Waals surface area contributed by atoms with E-state index in [1.54, 1.807) is 24.3 Å².